The van der Waals surface area contributed by atoms with Crippen LogP contribution in [0.5, 0.6) is 0 Å². The van der Waals surface area contributed by atoms with E-state index in [2.05, 4.69) is 18.4 Å². The lowest BCUT2D eigenvalue weighted by Crippen LogP contribution is -2.32. The molecule has 0 radical (unpaired) electrons. The van der Waals surface area contributed by atoms with Crippen LogP contribution in [-0.2, 0) is 4.79 Å². The van der Waals surface area contributed by atoms with Gasteiger partial charge in [-0.15, -0.1) is 0 Å². The number of hydrogen-bond donors (Lipinski definition) is 0. The minimum Gasteiger partial charge on any atom is -0.375 e. The highest BCUT2D eigenvalue weighted by molar-refractivity contribution is 5.49. The van der Waals surface area contributed by atoms with Crippen LogP contribution in [0, 0.1) is 5.92 Å². The van der Waals surface area contributed by atoms with Gasteiger partial charge in [-0.2, -0.15) is 0 Å². The third-order valence-electron chi connectivity index (χ3n) is 3.31. The predicted molar refractivity (Wildman–Crippen MR) is 63.6 cm³/mol. The summed E-state index contributed by atoms with van der Waals surface area (Å²) in [6, 6.07) is 0. The van der Waals surface area contributed by atoms with E-state index in [1.54, 1.807) is 0 Å². The first kappa shape index (κ1) is 12.3. The molecule has 1 aliphatic heterocycles. The highest BCUT2D eigenvalue weighted by Crippen LogP contribution is 2.23. The van der Waals surface area contributed by atoms with Gasteiger partial charge >= 0.3 is 0 Å². The van der Waals surface area contributed by atoms with Crippen LogP contribution in [0.3, 0.4) is 0 Å². The van der Waals surface area contributed by atoms with Crippen LogP contribution in [0.25, 0.3) is 0 Å². The van der Waals surface area contributed by atoms with Gasteiger partial charge in [0.25, 0.3) is 0 Å². The molecule has 0 aromatic carbocycles. The second-order valence-corrected chi connectivity index (χ2v) is 4.50. The predicted octanol–water partition coefficient (Wildman–Crippen LogP) is 2.99. The molecule has 15 heavy (non-hydrogen) atoms. The van der Waals surface area contributed by atoms with Gasteiger partial charge in [-0.3, -0.25) is 0 Å². The summed E-state index contributed by atoms with van der Waals surface area (Å²) in [6.45, 7) is 8.55. The van der Waals surface area contributed by atoms with Crippen LogP contribution in [0.2, 0.25) is 0 Å². The van der Waals surface area contributed by atoms with Gasteiger partial charge in [0.15, 0.2) is 0 Å². The zero-order valence-electron chi connectivity index (χ0n) is 9.87. The van der Waals surface area contributed by atoms with Crippen LogP contribution >= 0.6 is 0 Å². The van der Waals surface area contributed by atoms with Crippen LogP contribution < -0.4 is 0 Å². The van der Waals surface area contributed by atoms with Crippen molar-refractivity contribution in [3.63, 3.8) is 0 Å². The molecule has 0 unspecified atom stereocenters. The molecule has 1 saturated heterocycles. The Morgan fingerprint density at radius 2 is 2.13 bits per heavy atom. The van der Waals surface area contributed by atoms with Gasteiger partial charge in [0.2, 0.25) is 0 Å². The molecule has 0 atom stereocenters. The minimum absolute atomic E-state index is 0.623. The Balaban J connectivity index is 2.24. The summed E-state index contributed by atoms with van der Waals surface area (Å²) in [6.07, 6.45) is 7.73. The lowest BCUT2D eigenvalue weighted by molar-refractivity contribution is -0.108. The molecule has 2 heteroatoms. The summed E-state index contributed by atoms with van der Waals surface area (Å²) in [5.41, 5.74) is 1.29. The summed E-state index contributed by atoms with van der Waals surface area (Å²) in [5.74, 6) is 0.623. The Kier molecular flexibility index (Phi) is 5.44. The van der Waals surface area contributed by atoms with Crippen molar-refractivity contribution in [2.75, 3.05) is 13.1 Å². The fourth-order valence-corrected chi connectivity index (χ4v) is 2.16. The van der Waals surface area contributed by atoms with Crippen molar-refractivity contribution in [3.05, 3.63) is 12.3 Å². The fourth-order valence-electron chi connectivity index (χ4n) is 2.16. The number of likely N-dealkylation sites (tertiary alicyclic amines) is 1. The van der Waals surface area contributed by atoms with Crippen molar-refractivity contribution < 1.29 is 4.79 Å². The molecule has 1 rings (SSSR count). The molecule has 1 heterocycles. The molecule has 0 aromatic heterocycles. The fraction of sp³-hybridized carbons (Fsp3) is 0.769. The largest absolute Gasteiger partial charge is 0.375 e. The van der Waals surface area contributed by atoms with E-state index in [4.69, 9.17) is 0 Å². The number of rotatable bonds is 6. The topological polar surface area (TPSA) is 20.3 Å². The first-order chi connectivity index (χ1) is 7.27. The quantitative estimate of drug-likeness (QED) is 0.627. The van der Waals surface area contributed by atoms with Crippen molar-refractivity contribution in [3.8, 4) is 0 Å². The smallest absolute Gasteiger partial charge is 0.120 e. The highest BCUT2D eigenvalue weighted by atomic mass is 16.1. The molecule has 0 amide bonds. The normalized spacial score (nSPS) is 17.8. The Hall–Kier alpha value is -0.790. The van der Waals surface area contributed by atoms with Crippen LogP contribution in [0.4, 0.5) is 0 Å². The Morgan fingerprint density at radius 1 is 1.47 bits per heavy atom. The Labute approximate surface area is 93.3 Å². The van der Waals surface area contributed by atoms with Gasteiger partial charge in [0, 0.05) is 25.2 Å². The minimum atomic E-state index is 0.623. The average molecular weight is 209 g/mol. The summed E-state index contributed by atoms with van der Waals surface area (Å²) >= 11 is 0. The lowest BCUT2D eigenvalue weighted by atomic mass is 9.93. The molecule has 0 N–H and O–H groups in total. The van der Waals surface area contributed by atoms with Gasteiger partial charge in [-0.1, -0.05) is 19.9 Å². The van der Waals surface area contributed by atoms with Gasteiger partial charge in [0.1, 0.15) is 6.29 Å². The zero-order valence-corrected chi connectivity index (χ0v) is 9.87. The second kappa shape index (κ2) is 6.65. The summed E-state index contributed by atoms with van der Waals surface area (Å²) < 4.78 is 0. The molecular formula is C13H23NO. The maximum Gasteiger partial charge on any atom is 0.120 e. The van der Waals surface area contributed by atoms with Crippen LogP contribution in [-0.4, -0.2) is 24.3 Å². The van der Waals surface area contributed by atoms with Crippen molar-refractivity contribution in [1.82, 2.24) is 4.90 Å². The number of unbranched alkanes of at least 4 members (excludes halogenated alkanes) is 1. The number of piperidine rings is 1. The lowest BCUT2D eigenvalue weighted by Gasteiger charge is -2.34. The van der Waals surface area contributed by atoms with E-state index >= 15 is 0 Å². The highest BCUT2D eigenvalue weighted by Gasteiger charge is 2.19. The Morgan fingerprint density at radius 3 is 2.67 bits per heavy atom. The number of aldehydes is 1. The molecule has 1 fully saturated rings. The van der Waals surface area contributed by atoms with E-state index in [-0.39, 0.29) is 0 Å². The first-order valence-corrected chi connectivity index (χ1v) is 6.14. The SMILES string of the molecule is C=C(CCCC)N1CCC(CC=O)CC1. The molecule has 0 bridgehead atoms. The van der Waals surface area contributed by atoms with E-state index in [0.717, 1.165) is 45.1 Å². The maximum atomic E-state index is 10.4. The molecular weight excluding hydrogens is 186 g/mol. The molecule has 0 aromatic rings. The summed E-state index contributed by atoms with van der Waals surface area (Å²) in [5, 5.41) is 0. The van der Waals surface area contributed by atoms with E-state index in [9.17, 15) is 4.79 Å². The number of carbonyl (C=O) groups is 1. The molecule has 0 spiro atoms. The standard InChI is InChI=1S/C13H23NO/c1-3-4-5-12(2)14-9-6-13(7-10-14)8-11-15/h11,13H,2-10H2,1H3. The van der Waals surface area contributed by atoms with E-state index < -0.39 is 0 Å². The molecule has 86 valence electrons. The molecule has 1 aliphatic rings. The summed E-state index contributed by atoms with van der Waals surface area (Å²) in [4.78, 5) is 12.8. The monoisotopic (exact) mass is 209 g/mol. The van der Waals surface area contributed by atoms with Gasteiger partial charge < -0.3 is 9.69 Å². The second-order valence-electron chi connectivity index (χ2n) is 4.50. The Bertz CT molecular complexity index is 205. The van der Waals surface area contributed by atoms with Crippen molar-refractivity contribution in [1.29, 1.82) is 0 Å². The number of carbonyl (C=O) groups excluding carboxylic acids is 1. The number of hydrogen-bond acceptors (Lipinski definition) is 2. The first-order valence-electron chi connectivity index (χ1n) is 6.14. The third kappa shape index (κ3) is 4.06. The number of allylic oxidation sites excluding steroid dienone is 1. The van der Waals surface area contributed by atoms with Crippen molar-refractivity contribution in [2.45, 2.75) is 45.4 Å². The van der Waals surface area contributed by atoms with Crippen molar-refractivity contribution in [2.24, 2.45) is 5.92 Å². The third-order valence-corrected chi connectivity index (χ3v) is 3.31. The molecule has 2 nitrogen and oxygen atoms in total. The molecule has 0 saturated carbocycles. The maximum absolute atomic E-state index is 10.4. The molecule has 0 aliphatic carbocycles. The van der Waals surface area contributed by atoms with E-state index in [1.807, 2.05) is 0 Å². The van der Waals surface area contributed by atoms with Gasteiger partial charge in [-0.05, 0) is 31.6 Å². The van der Waals surface area contributed by atoms with E-state index in [1.165, 1.54) is 18.5 Å². The summed E-state index contributed by atoms with van der Waals surface area (Å²) in [7, 11) is 0. The zero-order chi connectivity index (χ0) is 11.1. The van der Waals surface area contributed by atoms with Crippen LogP contribution in [0.1, 0.15) is 45.4 Å². The van der Waals surface area contributed by atoms with Gasteiger partial charge in [0.05, 0.1) is 0 Å². The van der Waals surface area contributed by atoms with Gasteiger partial charge in [-0.25, -0.2) is 0 Å². The average Bonchev–Trinajstić information content (AvgIpc) is 2.27. The number of nitrogens with zero attached hydrogens (tertiary/aromatic N) is 1. The van der Waals surface area contributed by atoms with Crippen molar-refractivity contribution >= 4 is 6.29 Å². The van der Waals surface area contributed by atoms with E-state index in [0.29, 0.717) is 5.92 Å². The van der Waals surface area contributed by atoms with Crippen LogP contribution in [0.15, 0.2) is 12.3 Å².